The molecule has 0 spiro atoms. The third-order valence-corrected chi connectivity index (χ3v) is 4.35. The number of aliphatic hydroxyl groups is 1. The van der Waals surface area contributed by atoms with Crippen molar-refractivity contribution in [3.8, 4) is 0 Å². The van der Waals surface area contributed by atoms with Crippen molar-refractivity contribution >= 4 is 18.4 Å². The summed E-state index contributed by atoms with van der Waals surface area (Å²) in [5, 5.41) is 20.7. The molecule has 128 valence electrons. The van der Waals surface area contributed by atoms with E-state index >= 15 is 0 Å². The molecule has 0 aliphatic carbocycles. The van der Waals surface area contributed by atoms with Crippen LogP contribution in [0.2, 0.25) is 0 Å². The molecule has 0 saturated heterocycles. The second-order valence-corrected chi connectivity index (χ2v) is 6.34. The molecule has 2 rings (SSSR count). The van der Waals surface area contributed by atoms with Crippen LogP contribution in [0.1, 0.15) is 49.0 Å². The van der Waals surface area contributed by atoms with Crippen molar-refractivity contribution in [1.82, 2.24) is 4.90 Å². The smallest absolute Gasteiger partial charge is 0.119 e. The summed E-state index contributed by atoms with van der Waals surface area (Å²) in [6.45, 7) is 4.96. The molecule has 0 amide bonds. The zero-order chi connectivity index (χ0) is 16.3. The van der Waals surface area contributed by atoms with Crippen LogP contribution < -0.4 is 5.11 Å². The highest BCUT2D eigenvalue weighted by Gasteiger charge is 2.19. The number of hydrogen-bond donors (Lipinski definition) is 1. The summed E-state index contributed by atoms with van der Waals surface area (Å²) in [5.41, 5.74) is 2.49. The van der Waals surface area contributed by atoms with Crippen LogP contribution in [-0.4, -0.2) is 35.6 Å². The zero-order valence-electron chi connectivity index (χ0n) is 13.9. The SMILES string of the molecule is CC(C)c1cc(CC2CC=CCN2C)ccc1C(O)C(=O)[O-].Cl. The van der Waals surface area contributed by atoms with Gasteiger partial charge < -0.3 is 15.0 Å². The molecule has 0 radical (unpaired) electrons. The Morgan fingerprint density at radius 2 is 2.04 bits per heavy atom. The first-order chi connectivity index (χ1) is 10.4. The fourth-order valence-corrected chi connectivity index (χ4v) is 2.96. The normalized spacial score (nSPS) is 19.4. The Morgan fingerprint density at radius 3 is 2.61 bits per heavy atom. The predicted octanol–water partition coefficient (Wildman–Crippen LogP) is 1.82. The van der Waals surface area contributed by atoms with Gasteiger partial charge in [0.25, 0.3) is 0 Å². The second-order valence-electron chi connectivity index (χ2n) is 6.34. The van der Waals surface area contributed by atoms with Crippen molar-refractivity contribution in [3.63, 3.8) is 0 Å². The van der Waals surface area contributed by atoms with E-state index in [9.17, 15) is 15.0 Å². The summed E-state index contributed by atoms with van der Waals surface area (Å²) < 4.78 is 0. The number of hydrogen-bond acceptors (Lipinski definition) is 4. The molecule has 0 bridgehead atoms. The molecule has 1 aliphatic heterocycles. The van der Waals surface area contributed by atoms with Gasteiger partial charge in [-0.3, -0.25) is 4.90 Å². The summed E-state index contributed by atoms with van der Waals surface area (Å²) in [5.74, 6) is -1.31. The van der Waals surface area contributed by atoms with Gasteiger partial charge in [0, 0.05) is 12.6 Å². The quantitative estimate of drug-likeness (QED) is 0.832. The van der Waals surface area contributed by atoms with E-state index in [0.29, 0.717) is 11.6 Å². The Bertz CT molecular complexity index is 571. The molecule has 1 N–H and O–H groups in total. The van der Waals surface area contributed by atoms with Gasteiger partial charge in [-0.05, 0) is 42.5 Å². The van der Waals surface area contributed by atoms with Crippen molar-refractivity contribution in [3.05, 3.63) is 47.0 Å². The Hall–Kier alpha value is -1.36. The fourth-order valence-electron chi connectivity index (χ4n) is 2.96. The number of benzene rings is 1. The molecular weight excluding hydrogens is 314 g/mol. The van der Waals surface area contributed by atoms with Gasteiger partial charge in [-0.15, -0.1) is 12.4 Å². The number of carbonyl (C=O) groups excluding carboxylic acids is 1. The summed E-state index contributed by atoms with van der Waals surface area (Å²) >= 11 is 0. The standard InChI is InChI=1S/C18H25NO3.ClH/c1-12(2)16-11-13(7-8-15(16)17(20)18(21)22)10-14-6-4-5-9-19(14)3;/h4-5,7-8,11-12,14,17,20H,6,9-10H2,1-3H3,(H,21,22);1H/p-1. The van der Waals surface area contributed by atoms with Crippen molar-refractivity contribution in [1.29, 1.82) is 0 Å². The predicted molar refractivity (Wildman–Crippen MR) is 91.6 cm³/mol. The van der Waals surface area contributed by atoms with Gasteiger partial charge in [-0.1, -0.05) is 44.2 Å². The number of nitrogens with zero attached hydrogens (tertiary/aromatic N) is 1. The van der Waals surface area contributed by atoms with Crippen LogP contribution in [0.4, 0.5) is 0 Å². The molecule has 2 atom stereocenters. The average molecular weight is 339 g/mol. The maximum atomic E-state index is 10.9. The van der Waals surface area contributed by atoms with E-state index in [1.807, 2.05) is 26.0 Å². The Labute approximate surface area is 144 Å². The van der Waals surface area contributed by atoms with Crippen LogP contribution in [0.5, 0.6) is 0 Å². The van der Waals surface area contributed by atoms with Crippen LogP contribution >= 0.6 is 12.4 Å². The first-order valence-corrected chi connectivity index (χ1v) is 7.77. The Morgan fingerprint density at radius 1 is 1.35 bits per heavy atom. The number of carboxylic acids is 1. The molecule has 4 nitrogen and oxygen atoms in total. The van der Waals surface area contributed by atoms with Gasteiger partial charge in [-0.2, -0.15) is 0 Å². The largest absolute Gasteiger partial charge is 0.547 e. The summed E-state index contributed by atoms with van der Waals surface area (Å²) in [7, 11) is 2.12. The van der Waals surface area contributed by atoms with Crippen molar-refractivity contribution in [2.45, 2.75) is 44.8 Å². The first kappa shape index (κ1) is 19.7. The molecule has 0 fully saturated rings. The van der Waals surface area contributed by atoms with Crippen LogP contribution in [0.3, 0.4) is 0 Å². The number of rotatable bonds is 5. The molecule has 2 unspecified atom stereocenters. The van der Waals surface area contributed by atoms with Gasteiger partial charge in [0.15, 0.2) is 0 Å². The number of likely N-dealkylation sites (N-methyl/N-ethyl adjacent to an activating group) is 1. The molecule has 5 heteroatoms. The highest BCUT2D eigenvalue weighted by Crippen LogP contribution is 2.27. The molecule has 1 aliphatic rings. The highest BCUT2D eigenvalue weighted by molar-refractivity contribution is 5.85. The van der Waals surface area contributed by atoms with Gasteiger partial charge in [0.1, 0.15) is 6.10 Å². The van der Waals surface area contributed by atoms with E-state index in [2.05, 4.69) is 24.1 Å². The lowest BCUT2D eigenvalue weighted by Gasteiger charge is -2.30. The first-order valence-electron chi connectivity index (χ1n) is 7.77. The van der Waals surface area contributed by atoms with Crippen LogP contribution in [0, 0.1) is 0 Å². The van der Waals surface area contributed by atoms with E-state index in [1.54, 1.807) is 6.07 Å². The molecule has 0 aromatic heterocycles. The van der Waals surface area contributed by atoms with E-state index in [1.165, 1.54) is 5.56 Å². The lowest BCUT2D eigenvalue weighted by molar-refractivity contribution is -0.315. The molecule has 23 heavy (non-hydrogen) atoms. The number of aliphatic hydroxyl groups excluding tert-OH is 1. The third-order valence-electron chi connectivity index (χ3n) is 4.35. The number of halogens is 1. The second kappa shape index (κ2) is 8.48. The monoisotopic (exact) mass is 338 g/mol. The molecule has 0 saturated carbocycles. The summed E-state index contributed by atoms with van der Waals surface area (Å²) in [4.78, 5) is 13.3. The summed E-state index contributed by atoms with van der Waals surface area (Å²) in [6.07, 6.45) is 4.77. The minimum absolute atomic E-state index is 0. The molecule has 1 heterocycles. The number of aliphatic carboxylic acids is 1. The van der Waals surface area contributed by atoms with Crippen LogP contribution in [-0.2, 0) is 11.2 Å². The maximum absolute atomic E-state index is 10.9. The number of carbonyl (C=O) groups is 1. The van der Waals surface area contributed by atoms with Crippen LogP contribution in [0.25, 0.3) is 0 Å². The minimum atomic E-state index is -1.56. The van der Waals surface area contributed by atoms with Crippen molar-refractivity contribution in [2.24, 2.45) is 0 Å². The van der Waals surface area contributed by atoms with E-state index < -0.39 is 12.1 Å². The van der Waals surface area contributed by atoms with Crippen LogP contribution in [0.15, 0.2) is 30.4 Å². The number of carboxylic acid groups (broad SMARTS) is 1. The highest BCUT2D eigenvalue weighted by atomic mass is 35.5. The van der Waals surface area contributed by atoms with E-state index in [-0.39, 0.29) is 18.3 Å². The average Bonchev–Trinajstić information content (AvgIpc) is 2.48. The third kappa shape index (κ3) is 4.80. The van der Waals surface area contributed by atoms with Gasteiger partial charge >= 0.3 is 0 Å². The van der Waals surface area contributed by atoms with Gasteiger partial charge in [0.2, 0.25) is 0 Å². The van der Waals surface area contributed by atoms with E-state index in [0.717, 1.165) is 24.9 Å². The van der Waals surface area contributed by atoms with Crippen molar-refractivity contribution < 1.29 is 15.0 Å². The lowest BCUT2D eigenvalue weighted by atomic mass is 9.89. The van der Waals surface area contributed by atoms with Gasteiger partial charge in [-0.25, -0.2) is 0 Å². The van der Waals surface area contributed by atoms with E-state index in [4.69, 9.17) is 0 Å². The molecular formula is C18H25ClNO3-. The minimum Gasteiger partial charge on any atom is -0.547 e. The molecule has 1 aromatic rings. The Kier molecular flexibility index (Phi) is 7.26. The molecule has 1 aromatic carbocycles. The van der Waals surface area contributed by atoms with Gasteiger partial charge in [0.05, 0.1) is 5.97 Å². The van der Waals surface area contributed by atoms with Crippen molar-refractivity contribution in [2.75, 3.05) is 13.6 Å². The summed E-state index contributed by atoms with van der Waals surface area (Å²) in [6, 6.07) is 6.13. The topological polar surface area (TPSA) is 63.6 Å². The Balaban J connectivity index is 0.00000264. The lowest BCUT2D eigenvalue weighted by Crippen LogP contribution is -2.35. The fraction of sp³-hybridized carbons (Fsp3) is 0.500. The maximum Gasteiger partial charge on any atom is 0.119 e. The zero-order valence-corrected chi connectivity index (χ0v) is 14.7.